The lowest BCUT2D eigenvalue weighted by Crippen LogP contribution is -2.13. The average Bonchev–Trinajstić information content (AvgIpc) is 3.05. The number of aromatic nitrogens is 3. The Morgan fingerprint density at radius 3 is 2.41 bits per heavy atom. The number of hydrogen-bond donors (Lipinski definition) is 2. The van der Waals surface area contributed by atoms with E-state index in [0.717, 1.165) is 16.9 Å². The Morgan fingerprint density at radius 1 is 1.09 bits per heavy atom. The van der Waals surface area contributed by atoms with Crippen molar-refractivity contribution >= 4 is 0 Å². The van der Waals surface area contributed by atoms with E-state index < -0.39 is 6.04 Å². The Hall–Kier alpha value is -2.73. The third kappa shape index (κ3) is 2.82. The first-order valence-electron chi connectivity index (χ1n) is 6.75. The maximum Gasteiger partial charge on any atom is 0.181 e. The number of aromatic amines is 1. The van der Waals surface area contributed by atoms with Crippen LogP contribution in [0.3, 0.4) is 0 Å². The molecule has 0 spiro atoms. The highest BCUT2D eigenvalue weighted by Gasteiger charge is 2.14. The highest BCUT2D eigenvalue weighted by Crippen LogP contribution is 2.22. The van der Waals surface area contributed by atoms with E-state index in [1.54, 1.807) is 19.2 Å². The summed E-state index contributed by atoms with van der Waals surface area (Å²) in [6, 6.07) is 12.9. The SMILES string of the molecule is COc1ccc(-c2n[nH]c([C@H](N)c3ccc(F)cc3)n2)cc1. The summed E-state index contributed by atoms with van der Waals surface area (Å²) in [6.45, 7) is 0. The zero-order valence-electron chi connectivity index (χ0n) is 12.0. The molecule has 3 N–H and O–H groups in total. The van der Waals surface area contributed by atoms with Crippen molar-refractivity contribution in [1.29, 1.82) is 0 Å². The van der Waals surface area contributed by atoms with Gasteiger partial charge in [0.15, 0.2) is 5.82 Å². The molecule has 1 atom stereocenters. The molecule has 0 saturated heterocycles. The molecule has 112 valence electrons. The van der Waals surface area contributed by atoms with Gasteiger partial charge in [-0.05, 0) is 42.0 Å². The molecule has 0 amide bonds. The minimum Gasteiger partial charge on any atom is -0.497 e. The van der Waals surface area contributed by atoms with Crippen LogP contribution in [0.2, 0.25) is 0 Å². The number of halogens is 1. The van der Waals surface area contributed by atoms with Crippen LogP contribution < -0.4 is 10.5 Å². The number of nitrogens with zero attached hydrogens (tertiary/aromatic N) is 2. The summed E-state index contributed by atoms with van der Waals surface area (Å²) < 4.78 is 18.1. The lowest BCUT2D eigenvalue weighted by atomic mass is 10.1. The molecule has 5 nitrogen and oxygen atoms in total. The van der Waals surface area contributed by atoms with Crippen LogP contribution in [0.25, 0.3) is 11.4 Å². The molecule has 22 heavy (non-hydrogen) atoms. The highest BCUT2D eigenvalue weighted by atomic mass is 19.1. The Kier molecular flexibility index (Phi) is 3.84. The number of rotatable bonds is 4. The predicted molar refractivity (Wildman–Crippen MR) is 80.8 cm³/mol. The fourth-order valence-corrected chi connectivity index (χ4v) is 2.11. The lowest BCUT2D eigenvalue weighted by molar-refractivity contribution is 0.415. The van der Waals surface area contributed by atoms with Gasteiger partial charge in [0.2, 0.25) is 0 Å². The van der Waals surface area contributed by atoms with Crippen molar-refractivity contribution in [3.8, 4) is 17.1 Å². The summed E-state index contributed by atoms with van der Waals surface area (Å²) in [6.07, 6.45) is 0. The maximum absolute atomic E-state index is 13.0. The van der Waals surface area contributed by atoms with Crippen molar-refractivity contribution in [1.82, 2.24) is 15.2 Å². The molecule has 0 fully saturated rings. The second-order valence-corrected chi connectivity index (χ2v) is 4.80. The van der Waals surface area contributed by atoms with Crippen molar-refractivity contribution in [2.24, 2.45) is 5.73 Å². The molecule has 1 heterocycles. The van der Waals surface area contributed by atoms with E-state index in [2.05, 4.69) is 15.2 Å². The van der Waals surface area contributed by atoms with Gasteiger partial charge >= 0.3 is 0 Å². The van der Waals surface area contributed by atoms with Gasteiger partial charge in [0.25, 0.3) is 0 Å². The molecular formula is C16H15FN4O. The third-order valence-corrected chi connectivity index (χ3v) is 3.37. The molecular weight excluding hydrogens is 283 g/mol. The Balaban J connectivity index is 1.84. The molecule has 3 aromatic rings. The van der Waals surface area contributed by atoms with E-state index in [-0.39, 0.29) is 5.82 Å². The van der Waals surface area contributed by atoms with Gasteiger partial charge in [0.1, 0.15) is 17.4 Å². The number of nitrogens with two attached hydrogens (primary N) is 1. The smallest absolute Gasteiger partial charge is 0.181 e. The monoisotopic (exact) mass is 298 g/mol. The van der Waals surface area contributed by atoms with Crippen LogP contribution in [0.1, 0.15) is 17.4 Å². The Labute approximate surface area is 127 Å². The second-order valence-electron chi connectivity index (χ2n) is 4.80. The molecule has 2 aromatic carbocycles. The zero-order valence-corrected chi connectivity index (χ0v) is 12.0. The van der Waals surface area contributed by atoms with Crippen LogP contribution in [-0.2, 0) is 0 Å². The largest absolute Gasteiger partial charge is 0.497 e. The highest BCUT2D eigenvalue weighted by molar-refractivity contribution is 5.56. The Morgan fingerprint density at radius 2 is 1.77 bits per heavy atom. The normalized spacial score (nSPS) is 12.1. The number of H-pyrrole nitrogens is 1. The zero-order chi connectivity index (χ0) is 15.5. The van der Waals surface area contributed by atoms with Gasteiger partial charge in [-0.25, -0.2) is 9.37 Å². The van der Waals surface area contributed by atoms with Crippen LogP contribution in [-0.4, -0.2) is 22.3 Å². The van der Waals surface area contributed by atoms with Crippen LogP contribution in [0, 0.1) is 5.82 Å². The number of nitrogens with one attached hydrogen (secondary N) is 1. The fraction of sp³-hybridized carbons (Fsp3) is 0.125. The number of ether oxygens (including phenoxy) is 1. The number of methoxy groups -OCH3 is 1. The van der Waals surface area contributed by atoms with E-state index >= 15 is 0 Å². The number of benzene rings is 2. The molecule has 0 unspecified atom stereocenters. The van der Waals surface area contributed by atoms with Crippen LogP contribution in [0.5, 0.6) is 5.75 Å². The topological polar surface area (TPSA) is 76.8 Å². The molecule has 0 aliphatic heterocycles. The first-order valence-corrected chi connectivity index (χ1v) is 6.75. The fourth-order valence-electron chi connectivity index (χ4n) is 2.11. The van der Waals surface area contributed by atoms with Crippen molar-refractivity contribution < 1.29 is 9.13 Å². The van der Waals surface area contributed by atoms with E-state index in [1.807, 2.05) is 24.3 Å². The van der Waals surface area contributed by atoms with Crippen LogP contribution in [0.4, 0.5) is 4.39 Å². The van der Waals surface area contributed by atoms with Crippen LogP contribution >= 0.6 is 0 Å². The van der Waals surface area contributed by atoms with E-state index in [9.17, 15) is 4.39 Å². The molecule has 3 rings (SSSR count). The predicted octanol–water partition coefficient (Wildman–Crippen LogP) is 2.67. The quantitative estimate of drug-likeness (QED) is 0.776. The maximum atomic E-state index is 13.0. The van der Waals surface area contributed by atoms with Gasteiger partial charge < -0.3 is 10.5 Å². The van der Waals surface area contributed by atoms with E-state index in [4.69, 9.17) is 10.5 Å². The van der Waals surface area contributed by atoms with Gasteiger partial charge in [0.05, 0.1) is 13.2 Å². The van der Waals surface area contributed by atoms with Gasteiger partial charge in [0, 0.05) is 5.56 Å². The summed E-state index contributed by atoms with van der Waals surface area (Å²) in [4.78, 5) is 4.41. The van der Waals surface area contributed by atoms with Crippen molar-refractivity contribution in [3.63, 3.8) is 0 Å². The van der Waals surface area contributed by atoms with Crippen molar-refractivity contribution in [2.75, 3.05) is 7.11 Å². The molecule has 0 bridgehead atoms. The van der Waals surface area contributed by atoms with Gasteiger partial charge in [-0.15, -0.1) is 0 Å². The number of hydrogen-bond acceptors (Lipinski definition) is 4. The lowest BCUT2D eigenvalue weighted by Gasteiger charge is -2.07. The molecule has 0 radical (unpaired) electrons. The minimum atomic E-state index is -0.486. The second kappa shape index (κ2) is 5.95. The van der Waals surface area contributed by atoms with Crippen molar-refractivity contribution in [2.45, 2.75) is 6.04 Å². The molecule has 0 aliphatic rings. The van der Waals surface area contributed by atoms with E-state index in [0.29, 0.717) is 11.6 Å². The van der Waals surface area contributed by atoms with Gasteiger partial charge in [-0.3, -0.25) is 5.10 Å². The van der Waals surface area contributed by atoms with Gasteiger partial charge in [-0.1, -0.05) is 12.1 Å². The third-order valence-electron chi connectivity index (χ3n) is 3.37. The summed E-state index contributed by atoms with van der Waals surface area (Å²) in [5.41, 5.74) is 7.75. The van der Waals surface area contributed by atoms with Crippen molar-refractivity contribution in [3.05, 3.63) is 65.7 Å². The summed E-state index contributed by atoms with van der Waals surface area (Å²) in [5.74, 6) is 1.54. The summed E-state index contributed by atoms with van der Waals surface area (Å²) in [5, 5.41) is 7.01. The first kappa shape index (κ1) is 14.2. The summed E-state index contributed by atoms with van der Waals surface area (Å²) >= 11 is 0. The minimum absolute atomic E-state index is 0.299. The van der Waals surface area contributed by atoms with E-state index in [1.165, 1.54) is 12.1 Å². The molecule has 1 aromatic heterocycles. The summed E-state index contributed by atoms with van der Waals surface area (Å²) in [7, 11) is 1.61. The average molecular weight is 298 g/mol. The molecule has 0 aliphatic carbocycles. The molecule has 6 heteroatoms. The Bertz CT molecular complexity index is 753. The van der Waals surface area contributed by atoms with Crippen LogP contribution in [0.15, 0.2) is 48.5 Å². The molecule has 0 saturated carbocycles. The van der Waals surface area contributed by atoms with Gasteiger partial charge in [-0.2, -0.15) is 5.10 Å². The standard InChI is InChI=1S/C16H15FN4O/c1-22-13-8-4-11(5-9-13)15-19-16(21-20-15)14(18)10-2-6-12(17)7-3-10/h2-9,14H,18H2,1H3,(H,19,20,21)/t14-/m1/s1. The first-order chi connectivity index (χ1) is 10.7.